The standard InChI is InChI=1S/C20H26N2O4S2/c1-13-7-9-22(10-8-13)20(27)28-12-18(24)26-15(3)19(25)21-17-6-4-5-16(11-17)14(2)23/h4-6,11,13,15H,7-10,12H2,1-3H3,(H,21,25)/t15-/m1/s1. The monoisotopic (exact) mass is 422 g/mol. The molecule has 0 aliphatic carbocycles. The summed E-state index contributed by atoms with van der Waals surface area (Å²) in [7, 11) is 0. The summed E-state index contributed by atoms with van der Waals surface area (Å²) < 4.78 is 5.90. The smallest absolute Gasteiger partial charge is 0.317 e. The Labute approximate surface area is 175 Å². The van der Waals surface area contributed by atoms with Gasteiger partial charge in [0.1, 0.15) is 4.32 Å². The van der Waals surface area contributed by atoms with E-state index in [0.717, 1.165) is 25.9 Å². The topological polar surface area (TPSA) is 75.7 Å². The fraction of sp³-hybridized carbons (Fsp3) is 0.500. The van der Waals surface area contributed by atoms with Gasteiger partial charge in [-0.15, -0.1) is 0 Å². The minimum absolute atomic E-state index is 0.0718. The van der Waals surface area contributed by atoms with Gasteiger partial charge in [0.2, 0.25) is 0 Å². The van der Waals surface area contributed by atoms with E-state index in [9.17, 15) is 14.4 Å². The zero-order valence-corrected chi connectivity index (χ0v) is 18.0. The second-order valence-corrected chi connectivity index (χ2v) is 8.59. The Balaban J connectivity index is 1.76. The average molecular weight is 423 g/mol. The lowest BCUT2D eigenvalue weighted by molar-refractivity contribution is -0.150. The molecule has 2 rings (SSSR count). The van der Waals surface area contributed by atoms with E-state index in [1.165, 1.54) is 25.6 Å². The third-order valence-electron chi connectivity index (χ3n) is 4.57. The first-order valence-electron chi connectivity index (χ1n) is 9.29. The first-order valence-corrected chi connectivity index (χ1v) is 10.7. The molecule has 1 saturated heterocycles. The van der Waals surface area contributed by atoms with Crippen LogP contribution in [0.25, 0.3) is 0 Å². The van der Waals surface area contributed by atoms with Crippen LogP contribution in [-0.2, 0) is 14.3 Å². The van der Waals surface area contributed by atoms with Gasteiger partial charge >= 0.3 is 5.97 Å². The number of hydrogen-bond acceptors (Lipinski definition) is 6. The highest BCUT2D eigenvalue weighted by Crippen LogP contribution is 2.20. The van der Waals surface area contributed by atoms with Crippen LogP contribution in [0.3, 0.4) is 0 Å². The molecule has 0 radical (unpaired) electrons. The third kappa shape index (κ3) is 6.91. The van der Waals surface area contributed by atoms with Gasteiger partial charge in [0.25, 0.3) is 5.91 Å². The zero-order valence-electron chi connectivity index (χ0n) is 16.4. The predicted molar refractivity (Wildman–Crippen MR) is 116 cm³/mol. The van der Waals surface area contributed by atoms with Crippen LogP contribution < -0.4 is 5.32 Å². The summed E-state index contributed by atoms with van der Waals surface area (Å²) in [5, 5.41) is 2.65. The van der Waals surface area contributed by atoms with Gasteiger partial charge in [0.15, 0.2) is 11.9 Å². The molecular weight excluding hydrogens is 396 g/mol. The highest BCUT2D eigenvalue weighted by Gasteiger charge is 2.21. The quantitative estimate of drug-likeness (QED) is 0.427. The van der Waals surface area contributed by atoms with Crippen molar-refractivity contribution in [2.45, 2.75) is 39.7 Å². The number of piperidine rings is 1. The van der Waals surface area contributed by atoms with Crippen LogP contribution in [0.1, 0.15) is 44.0 Å². The molecule has 1 aliphatic rings. The largest absolute Gasteiger partial charge is 0.452 e. The number of anilines is 1. The van der Waals surface area contributed by atoms with Gasteiger partial charge in [-0.1, -0.05) is 43.0 Å². The Morgan fingerprint density at radius 2 is 2.00 bits per heavy atom. The fourth-order valence-corrected chi connectivity index (χ4v) is 3.78. The molecule has 0 spiro atoms. The highest BCUT2D eigenvalue weighted by atomic mass is 32.2. The SMILES string of the molecule is CC(=O)c1cccc(NC(=O)[C@@H](C)OC(=O)CSC(=S)N2CCC(C)CC2)c1. The lowest BCUT2D eigenvalue weighted by Gasteiger charge is -2.31. The van der Waals surface area contributed by atoms with E-state index in [-0.39, 0.29) is 11.5 Å². The molecule has 0 unspecified atom stereocenters. The number of carbonyl (C=O) groups is 3. The Bertz CT molecular complexity index is 745. The van der Waals surface area contributed by atoms with Crippen LogP contribution in [0.15, 0.2) is 24.3 Å². The van der Waals surface area contributed by atoms with Crippen LogP contribution in [0, 0.1) is 5.92 Å². The molecule has 1 aromatic rings. The fourth-order valence-electron chi connectivity index (χ4n) is 2.75. The molecule has 1 fully saturated rings. The Kier molecular flexibility index (Phi) is 8.44. The molecule has 1 aromatic carbocycles. The van der Waals surface area contributed by atoms with Gasteiger partial charge in [-0.25, -0.2) is 0 Å². The summed E-state index contributed by atoms with van der Waals surface area (Å²) in [5.74, 6) is -0.247. The van der Waals surface area contributed by atoms with E-state index < -0.39 is 18.0 Å². The maximum atomic E-state index is 12.2. The number of Topliss-reactive ketones (excluding diaryl/α,β-unsaturated/α-hetero) is 1. The Hall–Kier alpha value is -1.93. The van der Waals surface area contributed by atoms with Gasteiger partial charge in [-0.3, -0.25) is 14.4 Å². The second-order valence-electron chi connectivity index (χ2n) is 6.98. The first-order chi connectivity index (χ1) is 13.3. The van der Waals surface area contributed by atoms with Crippen molar-refractivity contribution in [1.29, 1.82) is 0 Å². The van der Waals surface area contributed by atoms with Gasteiger partial charge < -0.3 is 15.0 Å². The number of nitrogens with one attached hydrogen (secondary N) is 1. The van der Waals surface area contributed by atoms with Crippen molar-refractivity contribution in [3.8, 4) is 0 Å². The second kappa shape index (κ2) is 10.6. The molecule has 1 amide bonds. The van der Waals surface area contributed by atoms with Crippen molar-refractivity contribution in [2.75, 3.05) is 24.2 Å². The van der Waals surface area contributed by atoms with Crippen LogP contribution in [0.4, 0.5) is 5.69 Å². The Morgan fingerprint density at radius 3 is 2.64 bits per heavy atom. The van der Waals surface area contributed by atoms with Gasteiger partial charge in [0, 0.05) is 24.3 Å². The molecule has 0 saturated carbocycles. The van der Waals surface area contributed by atoms with E-state index in [0.29, 0.717) is 21.5 Å². The normalized spacial score (nSPS) is 15.6. The van der Waals surface area contributed by atoms with Crippen molar-refractivity contribution >= 4 is 51.6 Å². The van der Waals surface area contributed by atoms with Crippen LogP contribution >= 0.6 is 24.0 Å². The molecule has 1 aliphatic heterocycles. The van der Waals surface area contributed by atoms with E-state index in [1.807, 2.05) is 0 Å². The molecular formula is C20H26N2O4S2. The third-order valence-corrected chi connectivity index (χ3v) is 6.07. The maximum Gasteiger partial charge on any atom is 0.317 e. The molecule has 1 atom stereocenters. The molecule has 1 N–H and O–H groups in total. The average Bonchev–Trinajstić information content (AvgIpc) is 2.66. The van der Waals surface area contributed by atoms with Gasteiger partial charge in [0.05, 0.1) is 5.75 Å². The van der Waals surface area contributed by atoms with Gasteiger partial charge in [-0.05, 0) is 44.7 Å². The lowest BCUT2D eigenvalue weighted by atomic mass is 10.00. The predicted octanol–water partition coefficient (Wildman–Crippen LogP) is 3.51. The maximum absolute atomic E-state index is 12.2. The minimum Gasteiger partial charge on any atom is -0.452 e. The van der Waals surface area contributed by atoms with Crippen LogP contribution in [-0.4, -0.2) is 51.8 Å². The number of esters is 1. The molecule has 0 bridgehead atoms. The van der Waals surface area contributed by atoms with E-state index in [1.54, 1.807) is 24.3 Å². The molecule has 8 heteroatoms. The van der Waals surface area contributed by atoms with E-state index in [2.05, 4.69) is 17.1 Å². The number of hydrogen-bond donors (Lipinski definition) is 1. The van der Waals surface area contributed by atoms with Crippen molar-refractivity contribution in [1.82, 2.24) is 4.90 Å². The first kappa shape index (κ1) is 22.4. The Morgan fingerprint density at radius 1 is 1.32 bits per heavy atom. The highest BCUT2D eigenvalue weighted by molar-refractivity contribution is 8.23. The van der Waals surface area contributed by atoms with Crippen molar-refractivity contribution in [3.05, 3.63) is 29.8 Å². The van der Waals surface area contributed by atoms with Crippen molar-refractivity contribution < 1.29 is 19.1 Å². The summed E-state index contributed by atoms with van der Waals surface area (Å²) in [4.78, 5) is 37.8. The summed E-state index contributed by atoms with van der Waals surface area (Å²) in [6.45, 7) is 7.03. The van der Waals surface area contributed by atoms with E-state index >= 15 is 0 Å². The number of thioether (sulfide) groups is 1. The number of ketones is 1. The summed E-state index contributed by atoms with van der Waals surface area (Å²) >= 11 is 6.66. The number of amides is 1. The molecule has 1 heterocycles. The molecule has 28 heavy (non-hydrogen) atoms. The van der Waals surface area contributed by atoms with Crippen LogP contribution in [0.5, 0.6) is 0 Å². The summed E-state index contributed by atoms with van der Waals surface area (Å²) in [6, 6.07) is 6.61. The zero-order chi connectivity index (χ0) is 20.7. The number of ether oxygens (including phenoxy) is 1. The number of likely N-dealkylation sites (tertiary alicyclic amines) is 1. The number of nitrogens with zero attached hydrogens (tertiary/aromatic N) is 1. The summed E-state index contributed by atoms with van der Waals surface area (Å²) in [5.41, 5.74) is 0.981. The van der Waals surface area contributed by atoms with Gasteiger partial charge in [-0.2, -0.15) is 0 Å². The van der Waals surface area contributed by atoms with Crippen LogP contribution in [0.2, 0.25) is 0 Å². The number of rotatable bonds is 6. The van der Waals surface area contributed by atoms with Crippen molar-refractivity contribution in [2.24, 2.45) is 5.92 Å². The minimum atomic E-state index is -0.946. The molecule has 6 nitrogen and oxygen atoms in total. The number of thiocarbonyl (C=S) groups is 1. The van der Waals surface area contributed by atoms with E-state index in [4.69, 9.17) is 17.0 Å². The number of carbonyl (C=O) groups excluding carboxylic acids is 3. The van der Waals surface area contributed by atoms with Crippen molar-refractivity contribution in [3.63, 3.8) is 0 Å². The lowest BCUT2D eigenvalue weighted by Crippen LogP contribution is -2.36. The molecule has 152 valence electrons. The summed E-state index contributed by atoms with van der Waals surface area (Å²) in [6.07, 6.45) is 1.26. The molecule has 0 aromatic heterocycles. The number of benzene rings is 1.